The van der Waals surface area contributed by atoms with Crippen molar-refractivity contribution in [3.05, 3.63) is 47.8 Å². The Kier molecular flexibility index (Phi) is 5.76. The number of aryl methyl sites for hydroxylation is 1. The molecule has 5 nitrogen and oxygen atoms in total. The molecular formula is C21H28N4O. The monoisotopic (exact) mass is 352 g/mol. The number of carbonyl (C=O) groups excluding carboxylic acids is 1. The summed E-state index contributed by atoms with van der Waals surface area (Å²) in [6.45, 7) is 10.4. The third kappa shape index (κ3) is 3.98. The molecule has 5 heteroatoms. The normalized spacial score (nSPS) is 13.7. The zero-order valence-corrected chi connectivity index (χ0v) is 16.0. The molecule has 0 spiro atoms. The maximum atomic E-state index is 12.5. The Morgan fingerprint density at radius 2 is 1.88 bits per heavy atom. The number of hydrogen-bond acceptors (Lipinski definition) is 4. The minimum absolute atomic E-state index is 0.170. The van der Waals surface area contributed by atoms with Crippen molar-refractivity contribution in [2.45, 2.75) is 33.6 Å². The second kappa shape index (κ2) is 8.21. The lowest BCUT2D eigenvalue weighted by atomic mass is 10.1. The topological polar surface area (TPSA) is 48.5 Å². The number of amides is 1. The van der Waals surface area contributed by atoms with E-state index in [1.807, 2.05) is 25.1 Å². The molecule has 0 saturated carbocycles. The van der Waals surface area contributed by atoms with Gasteiger partial charge >= 0.3 is 0 Å². The summed E-state index contributed by atoms with van der Waals surface area (Å²) in [6, 6.07) is 9.94. The van der Waals surface area contributed by atoms with Crippen LogP contribution in [0.5, 0.6) is 0 Å². The average Bonchev–Trinajstić information content (AvgIpc) is 3.19. The molecule has 0 unspecified atom stereocenters. The van der Waals surface area contributed by atoms with Gasteiger partial charge in [0, 0.05) is 37.6 Å². The van der Waals surface area contributed by atoms with Gasteiger partial charge < -0.3 is 15.1 Å². The Balaban J connectivity index is 1.69. The first-order valence-corrected chi connectivity index (χ1v) is 9.50. The van der Waals surface area contributed by atoms with Gasteiger partial charge in [-0.25, -0.2) is 4.98 Å². The van der Waals surface area contributed by atoms with E-state index in [0.717, 1.165) is 43.1 Å². The molecule has 3 rings (SSSR count). The zero-order valence-electron chi connectivity index (χ0n) is 16.0. The standard InChI is InChI=1S/C21H28N4O/c1-4-24(5-2)17-8-10-19(16(3)14-17)23-21(26)20-11-9-18(15-22-20)25-12-6-7-13-25/h8-11,14-15H,4-7,12-13H2,1-3H3,(H,23,26). The molecule has 1 aliphatic rings. The minimum atomic E-state index is -0.170. The van der Waals surface area contributed by atoms with Crippen molar-refractivity contribution in [3.63, 3.8) is 0 Å². The lowest BCUT2D eigenvalue weighted by Gasteiger charge is -2.22. The SMILES string of the molecule is CCN(CC)c1ccc(NC(=O)c2ccc(N3CCCC3)cn2)c(C)c1. The minimum Gasteiger partial charge on any atom is -0.372 e. The zero-order chi connectivity index (χ0) is 18.5. The molecular weight excluding hydrogens is 324 g/mol. The van der Waals surface area contributed by atoms with Crippen LogP contribution in [0.15, 0.2) is 36.5 Å². The molecule has 1 fully saturated rings. The Bertz CT molecular complexity index is 747. The fourth-order valence-corrected chi connectivity index (χ4v) is 3.44. The van der Waals surface area contributed by atoms with Crippen molar-refractivity contribution in [2.24, 2.45) is 0 Å². The van der Waals surface area contributed by atoms with Crippen molar-refractivity contribution >= 4 is 23.0 Å². The Morgan fingerprint density at radius 3 is 2.46 bits per heavy atom. The molecule has 1 saturated heterocycles. The molecule has 1 amide bonds. The number of anilines is 3. The van der Waals surface area contributed by atoms with Crippen LogP contribution in [0.4, 0.5) is 17.1 Å². The summed E-state index contributed by atoms with van der Waals surface area (Å²) in [5, 5.41) is 2.98. The number of nitrogens with zero attached hydrogens (tertiary/aromatic N) is 3. The van der Waals surface area contributed by atoms with Crippen LogP contribution < -0.4 is 15.1 Å². The Labute approximate surface area is 156 Å². The van der Waals surface area contributed by atoms with E-state index < -0.39 is 0 Å². The number of benzene rings is 1. The number of nitrogens with one attached hydrogen (secondary N) is 1. The fraction of sp³-hybridized carbons (Fsp3) is 0.429. The van der Waals surface area contributed by atoms with Crippen LogP contribution in [0.25, 0.3) is 0 Å². The molecule has 138 valence electrons. The van der Waals surface area contributed by atoms with Gasteiger partial charge in [0.2, 0.25) is 0 Å². The second-order valence-electron chi connectivity index (χ2n) is 6.72. The maximum absolute atomic E-state index is 12.5. The van der Waals surface area contributed by atoms with Crippen LogP contribution in [-0.2, 0) is 0 Å². The van der Waals surface area contributed by atoms with E-state index in [2.05, 4.69) is 46.1 Å². The quantitative estimate of drug-likeness (QED) is 0.851. The van der Waals surface area contributed by atoms with Gasteiger partial charge in [0.15, 0.2) is 0 Å². The van der Waals surface area contributed by atoms with Crippen molar-refractivity contribution in [2.75, 3.05) is 41.3 Å². The smallest absolute Gasteiger partial charge is 0.274 e. The van der Waals surface area contributed by atoms with Crippen LogP contribution in [-0.4, -0.2) is 37.1 Å². The Hall–Kier alpha value is -2.56. The highest BCUT2D eigenvalue weighted by atomic mass is 16.1. The van der Waals surface area contributed by atoms with E-state index >= 15 is 0 Å². The fourth-order valence-electron chi connectivity index (χ4n) is 3.44. The molecule has 1 aliphatic heterocycles. The predicted octanol–water partition coefficient (Wildman–Crippen LogP) is 4.09. The van der Waals surface area contributed by atoms with Gasteiger partial charge in [-0.3, -0.25) is 4.79 Å². The first-order valence-electron chi connectivity index (χ1n) is 9.50. The lowest BCUT2D eigenvalue weighted by molar-refractivity contribution is 0.102. The molecule has 2 heterocycles. The summed E-state index contributed by atoms with van der Waals surface area (Å²) >= 11 is 0. The van der Waals surface area contributed by atoms with E-state index in [4.69, 9.17) is 0 Å². The van der Waals surface area contributed by atoms with E-state index in [0.29, 0.717) is 5.69 Å². The van der Waals surface area contributed by atoms with Crippen LogP contribution in [0, 0.1) is 6.92 Å². The summed E-state index contributed by atoms with van der Waals surface area (Å²) in [5.74, 6) is -0.170. The van der Waals surface area contributed by atoms with E-state index in [1.54, 1.807) is 6.20 Å². The number of aromatic nitrogens is 1. The highest BCUT2D eigenvalue weighted by molar-refractivity contribution is 6.03. The van der Waals surface area contributed by atoms with Crippen LogP contribution in [0.2, 0.25) is 0 Å². The molecule has 1 N–H and O–H groups in total. The van der Waals surface area contributed by atoms with Gasteiger partial charge in [-0.1, -0.05) is 0 Å². The van der Waals surface area contributed by atoms with E-state index in [9.17, 15) is 4.79 Å². The van der Waals surface area contributed by atoms with Crippen LogP contribution in [0.1, 0.15) is 42.7 Å². The summed E-state index contributed by atoms with van der Waals surface area (Å²) < 4.78 is 0. The van der Waals surface area contributed by atoms with E-state index in [-0.39, 0.29) is 5.91 Å². The maximum Gasteiger partial charge on any atom is 0.274 e. The largest absolute Gasteiger partial charge is 0.372 e. The summed E-state index contributed by atoms with van der Waals surface area (Å²) in [5.41, 5.74) is 4.60. The Morgan fingerprint density at radius 1 is 1.15 bits per heavy atom. The highest BCUT2D eigenvalue weighted by Crippen LogP contribution is 2.23. The summed E-state index contributed by atoms with van der Waals surface area (Å²) in [6.07, 6.45) is 4.26. The second-order valence-corrected chi connectivity index (χ2v) is 6.72. The van der Waals surface area contributed by atoms with Crippen molar-refractivity contribution < 1.29 is 4.79 Å². The van der Waals surface area contributed by atoms with Crippen LogP contribution in [0.3, 0.4) is 0 Å². The van der Waals surface area contributed by atoms with Crippen molar-refractivity contribution in [1.29, 1.82) is 0 Å². The van der Waals surface area contributed by atoms with Gasteiger partial charge in [0.1, 0.15) is 5.69 Å². The molecule has 2 aromatic rings. The third-order valence-electron chi connectivity index (χ3n) is 5.04. The highest BCUT2D eigenvalue weighted by Gasteiger charge is 2.14. The third-order valence-corrected chi connectivity index (χ3v) is 5.04. The molecule has 0 aliphatic carbocycles. The summed E-state index contributed by atoms with van der Waals surface area (Å²) in [7, 11) is 0. The van der Waals surface area contributed by atoms with Gasteiger partial charge in [-0.2, -0.15) is 0 Å². The number of rotatable bonds is 6. The molecule has 0 atom stereocenters. The van der Waals surface area contributed by atoms with Crippen molar-refractivity contribution in [3.8, 4) is 0 Å². The molecule has 0 radical (unpaired) electrons. The van der Waals surface area contributed by atoms with Gasteiger partial charge in [-0.05, 0) is 69.5 Å². The number of carbonyl (C=O) groups is 1. The van der Waals surface area contributed by atoms with Crippen LogP contribution >= 0.6 is 0 Å². The van der Waals surface area contributed by atoms with Gasteiger partial charge in [0.05, 0.1) is 11.9 Å². The summed E-state index contributed by atoms with van der Waals surface area (Å²) in [4.78, 5) is 21.5. The molecule has 26 heavy (non-hydrogen) atoms. The first-order chi connectivity index (χ1) is 12.6. The van der Waals surface area contributed by atoms with Gasteiger partial charge in [0.25, 0.3) is 5.91 Å². The number of pyridine rings is 1. The predicted molar refractivity (Wildman–Crippen MR) is 108 cm³/mol. The molecule has 1 aromatic carbocycles. The average molecular weight is 352 g/mol. The van der Waals surface area contributed by atoms with Crippen molar-refractivity contribution in [1.82, 2.24) is 4.98 Å². The number of hydrogen-bond donors (Lipinski definition) is 1. The first kappa shape index (κ1) is 18.2. The molecule has 1 aromatic heterocycles. The lowest BCUT2D eigenvalue weighted by Crippen LogP contribution is -2.22. The van der Waals surface area contributed by atoms with E-state index in [1.165, 1.54) is 18.5 Å². The molecule has 0 bridgehead atoms. The van der Waals surface area contributed by atoms with Gasteiger partial charge in [-0.15, -0.1) is 0 Å².